The fraction of sp³-hybridized carbons (Fsp3) is 0.545. The quantitative estimate of drug-likeness (QED) is 0.684. The minimum atomic E-state index is -1.07. The Bertz CT molecular complexity index is 381. The lowest BCUT2D eigenvalue weighted by Crippen LogP contribution is -2.16. The summed E-state index contributed by atoms with van der Waals surface area (Å²) in [5.74, 6) is -0.652. The second-order valence-corrected chi connectivity index (χ2v) is 4.30. The van der Waals surface area contributed by atoms with E-state index in [-0.39, 0.29) is 17.8 Å². The van der Waals surface area contributed by atoms with Crippen LogP contribution < -0.4 is 5.32 Å². The highest BCUT2D eigenvalue weighted by molar-refractivity contribution is 5.84. The molecule has 0 amide bonds. The van der Waals surface area contributed by atoms with Gasteiger partial charge < -0.3 is 19.9 Å². The van der Waals surface area contributed by atoms with Crippen molar-refractivity contribution < 1.29 is 19.4 Å². The van der Waals surface area contributed by atoms with E-state index in [1.54, 1.807) is 6.07 Å². The topological polar surface area (TPSA) is 82.7 Å². The highest BCUT2D eigenvalue weighted by Gasteiger charge is 2.41. The smallest absolute Gasteiger partial charge is 0.371 e. The summed E-state index contributed by atoms with van der Waals surface area (Å²) < 4.78 is 5.07. The molecule has 5 heteroatoms. The fourth-order valence-corrected chi connectivity index (χ4v) is 1.75. The number of anilines is 1. The van der Waals surface area contributed by atoms with Gasteiger partial charge in [-0.05, 0) is 30.7 Å². The Labute approximate surface area is 93.1 Å². The van der Waals surface area contributed by atoms with E-state index in [0.29, 0.717) is 5.88 Å². The number of aromatic carboxylic acids is 1. The van der Waals surface area contributed by atoms with E-state index in [9.17, 15) is 4.79 Å². The van der Waals surface area contributed by atoms with Gasteiger partial charge in [-0.25, -0.2) is 4.79 Å². The Balaban J connectivity index is 1.87. The molecule has 0 unspecified atom stereocenters. The molecule has 1 aliphatic rings. The highest BCUT2D eigenvalue weighted by Crippen LogP contribution is 2.48. The van der Waals surface area contributed by atoms with Crippen molar-refractivity contribution in [1.82, 2.24) is 0 Å². The molecular formula is C11H15NO4. The van der Waals surface area contributed by atoms with E-state index in [1.165, 1.54) is 6.07 Å². The van der Waals surface area contributed by atoms with Crippen LogP contribution in [0.25, 0.3) is 0 Å². The Morgan fingerprint density at radius 1 is 1.50 bits per heavy atom. The average Bonchev–Trinajstić information content (AvgIpc) is 2.84. The minimum Gasteiger partial charge on any atom is -0.475 e. The summed E-state index contributed by atoms with van der Waals surface area (Å²) in [6.07, 6.45) is 2.99. The molecule has 0 aromatic carbocycles. The molecule has 1 fully saturated rings. The predicted molar refractivity (Wildman–Crippen MR) is 57.5 cm³/mol. The zero-order chi connectivity index (χ0) is 11.6. The van der Waals surface area contributed by atoms with Gasteiger partial charge in [0.2, 0.25) is 5.76 Å². The monoisotopic (exact) mass is 225 g/mol. The minimum absolute atomic E-state index is 0.0606. The van der Waals surface area contributed by atoms with Crippen LogP contribution in [-0.4, -0.2) is 29.3 Å². The first-order valence-corrected chi connectivity index (χ1v) is 5.33. The number of nitrogens with one attached hydrogen (secondary N) is 1. The standard InChI is InChI=1S/C11H15NO4/c13-6-5-11(3-4-11)7-12-9-2-1-8(16-9)10(14)15/h1-2,12-13H,3-7H2,(H,14,15). The molecular weight excluding hydrogens is 210 g/mol. The molecule has 88 valence electrons. The molecule has 0 bridgehead atoms. The zero-order valence-electron chi connectivity index (χ0n) is 8.90. The highest BCUT2D eigenvalue weighted by atomic mass is 16.4. The third-order valence-electron chi connectivity index (χ3n) is 3.05. The molecule has 16 heavy (non-hydrogen) atoms. The number of hydrogen-bond donors (Lipinski definition) is 3. The number of aliphatic hydroxyl groups excluding tert-OH is 1. The van der Waals surface area contributed by atoms with Gasteiger partial charge in [-0.1, -0.05) is 0 Å². The van der Waals surface area contributed by atoms with Crippen LogP contribution >= 0.6 is 0 Å². The van der Waals surface area contributed by atoms with Gasteiger partial charge in [0.25, 0.3) is 0 Å². The van der Waals surface area contributed by atoms with E-state index < -0.39 is 5.97 Å². The lowest BCUT2D eigenvalue weighted by atomic mass is 10.0. The van der Waals surface area contributed by atoms with Crippen molar-refractivity contribution in [2.45, 2.75) is 19.3 Å². The predicted octanol–water partition coefficient (Wildman–Crippen LogP) is 1.55. The van der Waals surface area contributed by atoms with E-state index in [0.717, 1.165) is 25.8 Å². The first-order chi connectivity index (χ1) is 7.65. The van der Waals surface area contributed by atoms with Crippen molar-refractivity contribution >= 4 is 11.9 Å². The molecule has 0 spiro atoms. The molecule has 3 N–H and O–H groups in total. The summed E-state index contributed by atoms with van der Waals surface area (Å²) in [5.41, 5.74) is 0.185. The van der Waals surface area contributed by atoms with Gasteiger partial charge in [0.15, 0.2) is 5.88 Å². The van der Waals surface area contributed by atoms with Crippen LogP contribution in [0.1, 0.15) is 29.8 Å². The molecule has 1 aliphatic carbocycles. The van der Waals surface area contributed by atoms with Crippen molar-refractivity contribution in [3.05, 3.63) is 17.9 Å². The normalized spacial score (nSPS) is 17.1. The number of aliphatic hydroxyl groups is 1. The van der Waals surface area contributed by atoms with Crippen LogP contribution in [0.3, 0.4) is 0 Å². The number of carboxylic acids is 1. The van der Waals surface area contributed by atoms with Crippen LogP contribution in [-0.2, 0) is 0 Å². The maximum absolute atomic E-state index is 10.6. The number of carbonyl (C=O) groups is 1. The molecule has 1 aromatic rings. The Kier molecular flexibility index (Phi) is 2.87. The van der Waals surface area contributed by atoms with Crippen LogP contribution in [0, 0.1) is 5.41 Å². The van der Waals surface area contributed by atoms with Crippen molar-refractivity contribution in [3.8, 4) is 0 Å². The van der Waals surface area contributed by atoms with Crippen molar-refractivity contribution in [1.29, 1.82) is 0 Å². The second-order valence-electron chi connectivity index (χ2n) is 4.30. The Morgan fingerprint density at radius 2 is 2.25 bits per heavy atom. The van der Waals surface area contributed by atoms with E-state index in [4.69, 9.17) is 14.6 Å². The molecule has 0 radical (unpaired) electrons. The molecule has 1 aromatic heterocycles. The van der Waals surface area contributed by atoms with Crippen molar-refractivity contribution in [2.75, 3.05) is 18.5 Å². The first-order valence-electron chi connectivity index (χ1n) is 5.33. The molecule has 0 saturated heterocycles. The maximum atomic E-state index is 10.6. The summed E-state index contributed by atoms with van der Waals surface area (Å²) in [5, 5.41) is 20.6. The third kappa shape index (κ3) is 2.36. The second kappa shape index (κ2) is 4.17. The lowest BCUT2D eigenvalue weighted by molar-refractivity contribution is 0.0663. The number of carboxylic acid groups (broad SMARTS) is 1. The van der Waals surface area contributed by atoms with Gasteiger partial charge in [-0.2, -0.15) is 0 Å². The van der Waals surface area contributed by atoms with Gasteiger partial charge in [0, 0.05) is 19.2 Å². The fourth-order valence-electron chi connectivity index (χ4n) is 1.75. The largest absolute Gasteiger partial charge is 0.475 e. The Hall–Kier alpha value is -1.49. The Morgan fingerprint density at radius 3 is 2.75 bits per heavy atom. The van der Waals surface area contributed by atoms with Gasteiger partial charge in [-0.15, -0.1) is 0 Å². The van der Waals surface area contributed by atoms with Gasteiger partial charge in [-0.3, -0.25) is 0 Å². The van der Waals surface area contributed by atoms with E-state index in [1.807, 2.05) is 0 Å². The van der Waals surface area contributed by atoms with Crippen LogP contribution in [0.15, 0.2) is 16.5 Å². The average molecular weight is 225 g/mol. The van der Waals surface area contributed by atoms with Gasteiger partial charge in [0.1, 0.15) is 0 Å². The molecule has 2 rings (SSSR count). The van der Waals surface area contributed by atoms with E-state index in [2.05, 4.69) is 5.32 Å². The molecule has 1 heterocycles. The molecule has 0 aliphatic heterocycles. The summed E-state index contributed by atoms with van der Waals surface area (Å²) in [4.78, 5) is 10.6. The van der Waals surface area contributed by atoms with Gasteiger partial charge in [0.05, 0.1) is 0 Å². The number of hydrogen-bond acceptors (Lipinski definition) is 4. The zero-order valence-corrected chi connectivity index (χ0v) is 8.90. The molecule has 5 nitrogen and oxygen atoms in total. The van der Waals surface area contributed by atoms with E-state index >= 15 is 0 Å². The summed E-state index contributed by atoms with van der Waals surface area (Å²) in [6, 6.07) is 3.04. The first kappa shape index (κ1) is 11.0. The number of rotatable bonds is 6. The SMILES string of the molecule is O=C(O)c1ccc(NCC2(CCO)CC2)o1. The lowest BCUT2D eigenvalue weighted by Gasteiger charge is -2.13. The summed E-state index contributed by atoms with van der Waals surface area (Å²) >= 11 is 0. The molecule has 0 atom stereocenters. The van der Waals surface area contributed by atoms with Crippen LogP contribution in [0.4, 0.5) is 5.88 Å². The maximum Gasteiger partial charge on any atom is 0.371 e. The number of furan rings is 1. The van der Waals surface area contributed by atoms with Crippen LogP contribution in [0.5, 0.6) is 0 Å². The van der Waals surface area contributed by atoms with Crippen molar-refractivity contribution in [2.24, 2.45) is 5.41 Å². The summed E-state index contributed by atoms with van der Waals surface area (Å²) in [7, 11) is 0. The van der Waals surface area contributed by atoms with Crippen molar-refractivity contribution in [3.63, 3.8) is 0 Å². The van der Waals surface area contributed by atoms with Gasteiger partial charge >= 0.3 is 5.97 Å². The third-order valence-corrected chi connectivity index (χ3v) is 3.05. The van der Waals surface area contributed by atoms with Crippen LogP contribution in [0.2, 0.25) is 0 Å². The summed E-state index contributed by atoms with van der Waals surface area (Å²) in [6.45, 7) is 0.917. The molecule has 1 saturated carbocycles.